The fraction of sp³-hybridized carbons (Fsp3) is 0.556. The second-order valence-electron chi connectivity index (χ2n) is 3.76. The summed E-state index contributed by atoms with van der Waals surface area (Å²) in [4.78, 5) is 11.6. The van der Waals surface area contributed by atoms with Crippen molar-refractivity contribution in [3.63, 3.8) is 0 Å². The van der Waals surface area contributed by atoms with E-state index < -0.39 is 17.8 Å². The molecule has 0 radical (unpaired) electrons. The summed E-state index contributed by atoms with van der Waals surface area (Å²) in [6.45, 7) is 3.42. The molecule has 0 atom stereocenters. The summed E-state index contributed by atoms with van der Waals surface area (Å²) in [5.74, 6) is -0.641. The van der Waals surface area contributed by atoms with Crippen molar-refractivity contribution < 1.29 is 18.0 Å². The Morgan fingerprint density at radius 1 is 1.47 bits per heavy atom. The Labute approximate surface area is 104 Å². The van der Waals surface area contributed by atoms with Gasteiger partial charge in [0.05, 0.1) is 4.47 Å². The third-order valence-corrected chi connectivity index (χ3v) is 2.64. The van der Waals surface area contributed by atoms with Crippen LogP contribution in [0.3, 0.4) is 0 Å². The lowest BCUT2D eigenvalue weighted by atomic mass is 10.3. The van der Waals surface area contributed by atoms with Gasteiger partial charge in [-0.05, 0) is 29.8 Å². The number of amides is 1. The van der Waals surface area contributed by atoms with Crippen molar-refractivity contribution in [3.05, 3.63) is 15.9 Å². The fourth-order valence-corrected chi connectivity index (χ4v) is 2.02. The van der Waals surface area contributed by atoms with Crippen LogP contribution < -0.4 is 5.32 Å². The van der Waals surface area contributed by atoms with Crippen LogP contribution in [-0.2, 0) is 13.2 Å². The number of aryl methyl sites for hydroxylation is 1. The van der Waals surface area contributed by atoms with Crippen LogP contribution in [0.25, 0.3) is 0 Å². The van der Waals surface area contributed by atoms with Gasteiger partial charge in [-0.1, -0.05) is 0 Å². The van der Waals surface area contributed by atoms with Gasteiger partial charge in [0.25, 0.3) is 5.91 Å². The molecule has 17 heavy (non-hydrogen) atoms. The Bertz CT molecular complexity index is 439. The average molecular weight is 314 g/mol. The third kappa shape index (κ3) is 2.99. The first kappa shape index (κ1) is 14.0. The molecule has 0 aromatic carbocycles. The Morgan fingerprint density at radius 2 is 2.00 bits per heavy atom. The Kier molecular flexibility index (Phi) is 3.85. The molecule has 1 N–H and O–H groups in total. The van der Waals surface area contributed by atoms with Crippen LogP contribution in [0.15, 0.2) is 4.47 Å². The predicted octanol–water partition coefficient (Wildman–Crippen LogP) is 2.34. The molecule has 0 aliphatic heterocycles. The molecule has 96 valence electrons. The second-order valence-corrected chi connectivity index (χ2v) is 4.55. The lowest BCUT2D eigenvalue weighted by molar-refractivity contribution is -0.144. The first-order valence-electron chi connectivity index (χ1n) is 4.75. The molecule has 1 heterocycles. The maximum atomic E-state index is 12.6. The number of nitrogens with zero attached hydrogens (tertiary/aromatic N) is 2. The molecular formula is C9H11BrF3N3O. The molecule has 0 spiro atoms. The van der Waals surface area contributed by atoms with Gasteiger partial charge in [-0.15, -0.1) is 0 Å². The van der Waals surface area contributed by atoms with E-state index in [1.165, 1.54) is 0 Å². The largest absolute Gasteiger partial charge is 0.434 e. The molecule has 0 aliphatic rings. The number of aromatic nitrogens is 2. The van der Waals surface area contributed by atoms with Crippen molar-refractivity contribution >= 4 is 21.8 Å². The molecule has 0 bridgehead atoms. The molecule has 0 unspecified atom stereocenters. The number of rotatable bonds is 2. The summed E-state index contributed by atoms with van der Waals surface area (Å²) in [6.07, 6.45) is -4.56. The highest BCUT2D eigenvalue weighted by Crippen LogP contribution is 2.36. The van der Waals surface area contributed by atoms with Crippen molar-refractivity contribution in [2.24, 2.45) is 7.05 Å². The van der Waals surface area contributed by atoms with Crippen molar-refractivity contribution in [3.8, 4) is 0 Å². The van der Waals surface area contributed by atoms with Crippen molar-refractivity contribution in [1.82, 2.24) is 15.1 Å². The van der Waals surface area contributed by atoms with Crippen LogP contribution in [0.5, 0.6) is 0 Å². The zero-order valence-corrected chi connectivity index (χ0v) is 11.0. The summed E-state index contributed by atoms with van der Waals surface area (Å²) in [5.41, 5.74) is -1.25. The SMILES string of the molecule is CC(C)NC(=O)c1nn(C)c(C(F)(F)F)c1Br. The van der Waals surface area contributed by atoms with E-state index in [-0.39, 0.29) is 16.2 Å². The number of hydrogen-bond acceptors (Lipinski definition) is 2. The van der Waals surface area contributed by atoms with Gasteiger partial charge in [0.2, 0.25) is 0 Å². The van der Waals surface area contributed by atoms with Gasteiger partial charge in [0, 0.05) is 13.1 Å². The molecule has 0 fully saturated rings. The zero-order chi connectivity index (χ0) is 13.4. The van der Waals surface area contributed by atoms with Crippen LogP contribution in [0.4, 0.5) is 13.2 Å². The third-order valence-electron chi connectivity index (χ3n) is 1.89. The standard InChI is InChI=1S/C9H11BrF3N3O/c1-4(2)14-8(17)6-5(10)7(9(11,12)13)16(3)15-6/h4H,1-3H3,(H,14,17). The molecule has 0 aliphatic carbocycles. The Balaban J connectivity index is 3.18. The van der Waals surface area contributed by atoms with Gasteiger partial charge in [0.1, 0.15) is 0 Å². The summed E-state index contributed by atoms with van der Waals surface area (Å²) in [7, 11) is 1.14. The van der Waals surface area contributed by atoms with Gasteiger partial charge >= 0.3 is 6.18 Å². The van der Waals surface area contributed by atoms with Crippen LogP contribution in [-0.4, -0.2) is 21.7 Å². The molecule has 1 aromatic rings. The molecule has 8 heteroatoms. The topological polar surface area (TPSA) is 46.9 Å². The lowest BCUT2D eigenvalue weighted by Crippen LogP contribution is -2.30. The van der Waals surface area contributed by atoms with E-state index >= 15 is 0 Å². The van der Waals surface area contributed by atoms with Crippen LogP contribution in [0.1, 0.15) is 30.0 Å². The van der Waals surface area contributed by atoms with Crippen LogP contribution in [0, 0.1) is 0 Å². The van der Waals surface area contributed by atoms with Gasteiger partial charge < -0.3 is 5.32 Å². The van der Waals surface area contributed by atoms with Gasteiger partial charge in [-0.3, -0.25) is 9.48 Å². The van der Waals surface area contributed by atoms with Crippen molar-refractivity contribution in [1.29, 1.82) is 0 Å². The predicted molar refractivity (Wildman–Crippen MR) is 58.5 cm³/mol. The molecular weight excluding hydrogens is 303 g/mol. The van der Waals surface area contributed by atoms with Crippen molar-refractivity contribution in [2.75, 3.05) is 0 Å². The molecule has 4 nitrogen and oxygen atoms in total. The van der Waals surface area contributed by atoms with E-state index in [0.717, 1.165) is 7.05 Å². The summed E-state index contributed by atoms with van der Waals surface area (Å²) < 4.78 is 38.2. The second kappa shape index (κ2) is 4.67. The monoisotopic (exact) mass is 313 g/mol. The van der Waals surface area contributed by atoms with E-state index in [2.05, 4.69) is 26.3 Å². The number of halogens is 4. The van der Waals surface area contributed by atoms with E-state index in [9.17, 15) is 18.0 Å². The molecule has 1 amide bonds. The minimum atomic E-state index is -4.56. The molecule has 0 saturated heterocycles. The number of carbonyl (C=O) groups excluding carboxylic acids is 1. The van der Waals surface area contributed by atoms with E-state index in [0.29, 0.717) is 4.68 Å². The number of hydrogen-bond donors (Lipinski definition) is 1. The van der Waals surface area contributed by atoms with E-state index in [4.69, 9.17) is 0 Å². The Morgan fingerprint density at radius 3 is 2.35 bits per heavy atom. The highest BCUT2D eigenvalue weighted by molar-refractivity contribution is 9.10. The molecule has 1 rings (SSSR count). The summed E-state index contributed by atoms with van der Waals surface area (Å²) in [6, 6.07) is -0.175. The van der Waals surface area contributed by atoms with Crippen LogP contribution in [0.2, 0.25) is 0 Å². The maximum absolute atomic E-state index is 12.6. The minimum absolute atomic E-state index is 0.175. The first-order valence-corrected chi connectivity index (χ1v) is 5.54. The minimum Gasteiger partial charge on any atom is -0.348 e. The number of nitrogens with one attached hydrogen (secondary N) is 1. The quantitative estimate of drug-likeness (QED) is 0.911. The maximum Gasteiger partial charge on any atom is 0.434 e. The van der Waals surface area contributed by atoms with Crippen LogP contribution >= 0.6 is 15.9 Å². The normalized spacial score (nSPS) is 12.0. The summed E-state index contributed by atoms with van der Waals surface area (Å²) in [5, 5.41) is 6.05. The molecule has 0 saturated carbocycles. The summed E-state index contributed by atoms with van der Waals surface area (Å²) >= 11 is 2.76. The molecule has 1 aromatic heterocycles. The Hall–Kier alpha value is -1.05. The highest BCUT2D eigenvalue weighted by Gasteiger charge is 2.39. The van der Waals surface area contributed by atoms with E-state index in [1.54, 1.807) is 13.8 Å². The average Bonchev–Trinajstić information content (AvgIpc) is 2.39. The van der Waals surface area contributed by atoms with E-state index in [1.807, 2.05) is 0 Å². The number of alkyl halides is 3. The first-order chi connectivity index (χ1) is 7.64. The van der Waals surface area contributed by atoms with Gasteiger partial charge in [0.15, 0.2) is 11.4 Å². The smallest absolute Gasteiger partial charge is 0.348 e. The fourth-order valence-electron chi connectivity index (χ4n) is 1.28. The van der Waals surface area contributed by atoms with Crippen molar-refractivity contribution in [2.45, 2.75) is 26.1 Å². The highest BCUT2D eigenvalue weighted by atomic mass is 79.9. The lowest BCUT2D eigenvalue weighted by Gasteiger charge is -2.07. The van der Waals surface area contributed by atoms with Gasteiger partial charge in [-0.25, -0.2) is 0 Å². The zero-order valence-electron chi connectivity index (χ0n) is 9.39. The number of carbonyl (C=O) groups is 1. The van der Waals surface area contributed by atoms with Gasteiger partial charge in [-0.2, -0.15) is 18.3 Å².